The number of hydrogen-bond acceptors (Lipinski definition) is 6. The van der Waals surface area contributed by atoms with E-state index >= 15 is 0 Å². The molecule has 0 unspecified atom stereocenters. The van der Waals surface area contributed by atoms with Crippen LogP contribution in [0.4, 0.5) is 11.4 Å². The van der Waals surface area contributed by atoms with Crippen LogP contribution in [0, 0.1) is 21.4 Å². The molecule has 0 spiro atoms. The van der Waals surface area contributed by atoms with Crippen molar-refractivity contribution in [1.82, 2.24) is 5.32 Å². The molecule has 0 fully saturated rings. The van der Waals surface area contributed by atoms with E-state index in [1.807, 2.05) is 0 Å². The molecule has 0 aliphatic heterocycles. The van der Waals surface area contributed by atoms with Gasteiger partial charge < -0.3 is 15.7 Å². The number of nitriles is 1. The van der Waals surface area contributed by atoms with Crippen molar-refractivity contribution in [2.75, 3.05) is 11.9 Å². The summed E-state index contributed by atoms with van der Waals surface area (Å²) in [6, 6.07) is 6.88. The Bertz CT molecular complexity index is 661. The zero-order valence-electron chi connectivity index (χ0n) is 12.0. The second-order valence-corrected chi connectivity index (χ2v) is 4.38. The van der Waals surface area contributed by atoms with Crippen molar-refractivity contribution in [2.45, 2.75) is 12.8 Å². The zero-order chi connectivity index (χ0) is 17.2. The molecule has 1 aromatic carbocycles. The fraction of sp³-hybridized carbons (Fsp3) is 0.214. The lowest BCUT2D eigenvalue weighted by molar-refractivity contribution is -0.384. The number of nitro groups is 1. The van der Waals surface area contributed by atoms with Crippen LogP contribution in [0.2, 0.25) is 0 Å². The number of carboxylic acid groups (broad SMARTS) is 1. The fourth-order valence-electron chi connectivity index (χ4n) is 1.53. The van der Waals surface area contributed by atoms with Crippen LogP contribution in [0.1, 0.15) is 12.8 Å². The van der Waals surface area contributed by atoms with Gasteiger partial charge in [0.15, 0.2) is 0 Å². The smallest absolute Gasteiger partial charge is 0.303 e. The predicted molar refractivity (Wildman–Crippen MR) is 80.3 cm³/mol. The molecule has 3 N–H and O–H groups in total. The molecule has 0 saturated heterocycles. The van der Waals surface area contributed by atoms with Crippen LogP contribution < -0.4 is 10.6 Å². The normalized spacial score (nSPS) is 10.5. The van der Waals surface area contributed by atoms with Crippen molar-refractivity contribution in [1.29, 1.82) is 5.26 Å². The van der Waals surface area contributed by atoms with Crippen LogP contribution in [-0.4, -0.2) is 28.5 Å². The quantitative estimate of drug-likeness (QED) is 0.216. The van der Waals surface area contributed by atoms with E-state index < -0.39 is 16.8 Å². The summed E-state index contributed by atoms with van der Waals surface area (Å²) < 4.78 is 0. The minimum absolute atomic E-state index is 0.0162. The Hall–Kier alpha value is -3.41. The second-order valence-electron chi connectivity index (χ2n) is 4.38. The Labute approximate surface area is 131 Å². The lowest BCUT2D eigenvalue weighted by Gasteiger charge is -2.04. The molecule has 0 saturated carbocycles. The highest BCUT2D eigenvalue weighted by atomic mass is 16.6. The van der Waals surface area contributed by atoms with E-state index in [9.17, 15) is 19.7 Å². The van der Waals surface area contributed by atoms with Gasteiger partial charge in [0.2, 0.25) is 0 Å². The molecule has 0 aliphatic rings. The molecule has 0 aliphatic carbocycles. The minimum atomic E-state index is -0.924. The molecule has 0 aromatic heterocycles. The van der Waals surface area contributed by atoms with Gasteiger partial charge in [-0.1, -0.05) is 0 Å². The third-order valence-electron chi connectivity index (χ3n) is 2.66. The van der Waals surface area contributed by atoms with Crippen LogP contribution >= 0.6 is 0 Å². The second kappa shape index (κ2) is 8.78. The highest BCUT2D eigenvalue weighted by Gasteiger charge is 2.10. The van der Waals surface area contributed by atoms with Crippen molar-refractivity contribution in [3.8, 4) is 6.07 Å². The predicted octanol–water partition coefficient (Wildman–Crippen LogP) is 1.40. The summed E-state index contributed by atoms with van der Waals surface area (Å²) in [5, 5.41) is 33.0. The van der Waals surface area contributed by atoms with E-state index in [2.05, 4.69) is 10.6 Å². The largest absolute Gasteiger partial charge is 0.481 e. The summed E-state index contributed by atoms with van der Waals surface area (Å²) in [6.07, 6.45) is 1.54. The van der Waals surface area contributed by atoms with Gasteiger partial charge in [-0.05, 0) is 18.6 Å². The number of anilines is 1. The van der Waals surface area contributed by atoms with E-state index in [4.69, 9.17) is 10.4 Å². The molecule has 23 heavy (non-hydrogen) atoms. The van der Waals surface area contributed by atoms with Gasteiger partial charge >= 0.3 is 5.97 Å². The molecule has 9 heteroatoms. The molecule has 0 heterocycles. The van der Waals surface area contributed by atoms with Crippen LogP contribution in [0.5, 0.6) is 0 Å². The molecule has 1 amide bonds. The zero-order valence-corrected chi connectivity index (χ0v) is 12.0. The first-order valence-corrected chi connectivity index (χ1v) is 6.55. The summed E-state index contributed by atoms with van der Waals surface area (Å²) in [4.78, 5) is 32.2. The molecule has 120 valence electrons. The van der Waals surface area contributed by atoms with E-state index in [1.54, 1.807) is 6.07 Å². The average molecular weight is 318 g/mol. The third kappa shape index (κ3) is 6.26. The number of nitrogens with zero attached hydrogens (tertiary/aromatic N) is 2. The lowest BCUT2D eigenvalue weighted by Crippen LogP contribution is -2.17. The standard InChI is InChI=1S/C14H14N4O5/c15-8-10(9-16-7-1-2-13(19)20)14(21)17-11-3-5-12(6-4-11)18(22)23/h3-6,9,16H,1-2,7H2,(H,17,21)(H,19,20)/b10-9-. The molecule has 0 bridgehead atoms. The molecule has 9 nitrogen and oxygen atoms in total. The summed E-state index contributed by atoms with van der Waals surface area (Å²) in [5.74, 6) is -1.60. The number of hydrogen-bond donors (Lipinski definition) is 3. The highest BCUT2D eigenvalue weighted by Crippen LogP contribution is 2.15. The van der Waals surface area contributed by atoms with Crippen molar-refractivity contribution in [3.63, 3.8) is 0 Å². The van der Waals surface area contributed by atoms with Crippen molar-refractivity contribution >= 4 is 23.3 Å². The maximum Gasteiger partial charge on any atom is 0.303 e. The number of non-ortho nitro benzene ring substituents is 1. The van der Waals surface area contributed by atoms with Crippen LogP contribution in [0.15, 0.2) is 36.0 Å². The van der Waals surface area contributed by atoms with E-state index in [-0.39, 0.29) is 17.7 Å². The van der Waals surface area contributed by atoms with E-state index in [0.29, 0.717) is 18.7 Å². The number of nitro benzene ring substituents is 1. The Balaban J connectivity index is 2.57. The summed E-state index contributed by atoms with van der Waals surface area (Å²) in [6.45, 7) is 0.308. The van der Waals surface area contributed by atoms with Gasteiger partial charge in [0, 0.05) is 37.0 Å². The maximum absolute atomic E-state index is 11.9. The molecule has 0 atom stereocenters. The Morgan fingerprint density at radius 3 is 2.52 bits per heavy atom. The Morgan fingerprint density at radius 1 is 1.35 bits per heavy atom. The van der Waals surface area contributed by atoms with Gasteiger partial charge in [-0.2, -0.15) is 5.26 Å². The topological polar surface area (TPSA) is 145 Å². The van der Waals surface area contributed by atoms with Crippen LogP contribution in [-0.2, 0) is 9.59 Å². The number of benzene rings is 1. The molecular formula is C14H14N4O5. The number of rotatable bonds is 8. The summed E-state index contributed by atoms with van der Waals surface area (Å²) in [5.41, 5.74) is 0.00505. The van der Waals surface area contributed by atoms with E-state index in [0.717, 1.165) is 0 Å². The van der Waals surface area contributed by atoms with Gasteiger partial charge in [0.25, 0.3) is 11.6 Å². The third-order valence-corrected chi connectivity index (χ3v) is 2.66. The molecule has 0 radical (unpaired) electrons. The SMILES string of the molecule is N#C/C(=C/NCCCC(=O)O)C(=O)Nc1ccc([N+](=O)[O-])cc1. The van der Waals surface area contributed by atoms with Gasteiger partial charge in [0.05, 0.1) is 4.92 Å². The fourth-order valence-corrected chi connectivity index (χ4v) is 1.53. The Kier molecular flexibility index (Phi) is 6.74. The molecule has 1 rings (SSSR count). The van der Waals surface area contributed by atoms with Crippen molar-refractivity contribution in [2.24, 2.45) is 0 Å². The number of carbonyl (C=O) groups excluding carboxylic acids is 1. The number of nitrogens with one attached hydrogen (secondary N) is 2. The first kappa shape index (κ1) is 17.6. The number of aliphatic carboxylic acids is 1. The Morgan fingerprint density at radius 2 is 2.00 bits per heavy atom. The van der Waals surface area contributed by atoms with Crippen molar-refractivity contribution < 1.29 is 19.6 Å². The average Bonchev–Trinajstić information content (AvgIpc) is 2.51. The monoisotopic (exact) mass is 318 g/mol. The number of carboxylic acids is 1. The number of carbonyl (C=O) groups is 2. The van der Waals surface area contributed by atoms with Crippen molar-refractivity contribution in [3.05, 3.63) is 46.2 Å². The first-order valence-electron chi connectivity index (χ1n) is 6.55. The number of amides is 1. The highest BCUT2D eigenvalue weighted by molar-refractivity contribution is 6.06. The first-order chi connectivity index (χ1) is 10.9. The van der Waals surface area contributed by atoms with Gasteiger partial charge in [-0.3, -0.25) is 19.7 Å². The summed E-state index contributed by atoms with van der Waals surface area (Å²) >= 11 is 0. The van der Waals surface area contributed by atoms with E-state index in [1.165, 1.54) is 30.5 Å². The van der Waals surface area contributed by atoms with Gasteiger partial charge in [-0.15, -0.1) is 0 Å². The summed E-state index contributed by atoms with van der Waals surface area (Å²) in [7, 11) is 0. The van der Waals surface area contributed by atoms with Crippen LogP contribution in [0.25, 0.3) is 0 Å². The van der Waals surface area contributed by atoms with Gasteiger partial charge in [0.1, 0.15) is 11.6 Å². The van der Waals surface area contributed by atoms with Gasteiger partial charge in [-0.25, -0.2) is 0 Å². The van der Waals surface area contributed by atoms with Crippen LogP contribution in [0.3, 0.4) is 0 Å². The molecule has 1 aromatic rings. The molecular weight excluding hydrogens is 304 g/mol. The maximum atomic E-state index is 11.9. The lowest BCUT2D eigenvalue weighted by atomic mass is 10.2. The minimum Gasteiger partial charge on any atom is -0.481 e.